The highest BCUT2D eigenvalue weighted by molar-refractivity contribution is 5.70. The zero-order chi connectivity index (χ0) is 22.9. The largest absolute Gasteiger partial charge is 0.455 e. The van der Waals surface area contributed by atoms with Gasteiger partial charge in [-0.05, 0) is 12.1 Å². The molecule has 2 aliphatic rings. The van der Waals surface area contributed by atoms with Gasteiger partial charge in [0.05, 0.1) is 13.2 Å². The lowest BCUT2D eigenvalue weighted by Gasteiger charge is -2.43. The Morgan fingerprint density at radius 1 is 1.00 bits per heavy atom. The number of rotatable bonds is 7. The second-order valence-corrected chi connectivity index (χ2v) is 7.45. The van der Waals surface area contributed by atoms with E-state index in [0.717, 1.165) is 0 Å². The first-order valence-corrected chi connectivity index (χ1v) is 9.54. The van der Waals surface area contributed by atoms with E-state index < -0.39 is 80.5 Å². The Labute approximate surface area is 175 Å². The number of carbonyl (C=O) groups is 1. The molecule has 2 unspecified atom stereocenters. The van der Waals surface area contributed by atoms with Crippen molar-refractivity contribution in [1.82, 2.24) is 0 Å². The summed E-state index contributed by atoms with van der Waals surface area (Å²) in [6.07, 6.45) is -17.4. The van der Waals surface area contributed by atoms with Gasteiger partial charge in [-0.25, -0.2) is 0 Å². The molecule has 3 rings (SSSR count). The fourth-order valence-corrected chi connectivity index (χ4v) is 3.58. The molecule has 13 heteroatoms. The topological polar surface area (TPSA) is 220 Å². The molecule has 0 spiro atoms. The van der Waals surface area contributed by atoms with Crippen LogP contribution in [0.1, 0.15) is 22.4 Å². The summed E-state index contributed by atoms with van der Waals surface area (Å²) < 4.78 is 21.4. The number of furan rings is 1. The van der Waals surface area contributed by atoms with Crippen molar-refractivity contribution in [3.8, 4) is 0 Å². The third kappa shape index (κ3) is 4.81. The second kappa shape index (κ2) is 9.97. The van der Waals surface area contributed by atoms with Gasteiger partial charge in [-0.2, -0.15) is 0 Å². The molecular formula is C18H26O13. The maximum Gasteiger partial charge on any atom is 0.185 e. The van der Waals surface area contributed by atoms with Crippen molar-refractivity contribution >= 4 is 6.29 Å². The Hall–Kier alpha value is -1.49. The van der Waals surface area contributed by atoms with Crippen LogP contribution < -0.4 is 0 Å². The number of hydrogen-bond donors (Lipinski definition) is 8. The molecule has 0 amide bonds. The Kier molecular flexibility index (Phi) is 7.77. The van der Waals surface area contributed by atoms with Crippen LogP contribution in [0.15, 0.2) is 16.5 Å². The zero-order valence-corrected chi connectivity index (χ0v) is 16.1. The number of carbonyl (C=O) groups excluding carboxylic acids is 1. The molecule has 0 radical (unpaired) electrons. The average molecular weight is 450 g/mol. The Morgan fingerprint density at radius 3 is 2.29 bits per heavy atom. The van der Waals surface area contributed by atoms with Crippen molar-refractivity contribution in [2.75, 3.05) is 13.2 Å². The van der Waals surface area contributed by atoms with Crippen LogP contribution in [0, 0.1) is 0 Å². The lowest BCUT2D eigenvalue weighted by Crippen LogP contribution is -2.61. The molecule has 1 aromatic rings. The van der Waals surface area contributed by atoms with Crippen molar-refractivity contribution in [2.24, 2.45) is 0 Å². The summed E-state index contributed by atoms with van der Waals surface area (Å²) in [6, 6.07) is 2.54. The van der Waals surface area contributed by atoms with Gasteiger partial charge >= 0.3 is 0 Å². The first-order chi connectivity index (χ1) is 14.7. The second-order valence-electron chi connectivity index (χ2n) is 7.45. The smallest absolute Gasteiger partial charge is 0.185 e. The van der Waals surface area contributed by atoms with Gasteiger partial charge in [0.2, 0.25) is 0 Å². The minimum atomic E-state index is -1.96. The van der Waals surface area contributed by atoms with E-state index in [1.54, 1.807) is 0 Å². The molecule has 2 fully saturated rings. The lowest BCUT2D eigenvalue weighted by molar-refractivity contribution is -0.305. The molecule has 13 nitrogen and oxygen atoms in total. The third-order valence-corrected chi connectivity index (χ3v) is 5.38. The zero-order valence-electron chi connectivity index (χ0n) is 16.1. The summed E-state index contributed by atoms with van der Waals surface area (Å²) in [7, 11) is 0. The highest BCUT2D eigenvalue weighted by atomic mass is 16.7. The summed E-state index contributed by atoms with van der Waals surface area (Å²) in [4.78, 5) is 11.0. The predicted molar refractivity (Wildman–Crippen MR) is 95.5 cm³/mol. The van der Waals surface area contributed by atoms with Crippen LogP contribution in [0.25, 0.3) is 0 Å². The fraction of sp³-hybridized carbons (Fsp3) is 0.722. The van der Waals surface area contributed by atoms with Crippen LogP contribution in [0.2, 0.25) is 0 Å². The SMILES string of the molecule is O=Cc1ccc(C(OC(O)[C@H]2OC[C@H](O)[C@@H](O)[C@@H]2O)[C@@H]2O[C@H](CO)[C@@H](O)[C@H](O)[C@H]2O)o1. The van der Waals surface area contributed by atoms with Gasteiger partial charge in [-0.3, -0.25) is 4.79 Å². The molecule has 8 N–H and O–H groups in total. The molecule has 1 aromatic heterocycles. The maximum absolute atomic E-state index is 11.0. The normalized spacial score (nSPS) is 41.0. The lowest BCUT2D eigenvalue weighted by atomic mass is 9.91. The molecule has 11 atom stereocenters. The van der Waals surface area contributed by atoms with Gasteiger partial charge in [-0.15, -0.1) is 0 Å². The van der Waals surface area contributed by atoms with Crippen LogP contribution in [-0.4, -0.2) is 122 Å². The number of aliphatic hydroxyl groups is 8. The molecule has 3 heterocycles. The minimum Gasteiger partial charge on any atom is -0.455 e. The van der Waals surface area contributed by atoms with Crippen LogP contribution in [0.5, 0.6) is 0 Å². The summed E-state index contributed by atoms with van der Waals surface area (Å²) in [5.74, 6) is -0.258. The van der Waals surface area contributed by atoms with E-state index in [1.807, 2.05) is 0 Å². The van der Waals surface area contributed by atoms with Crippen LogP contribution >= 0.6 is 0 Å². The van der Waals surface area contributed by atoms with Crippen molar-refractivity contribution < 1.29 is 64.3 Å². The van der Waals surface area contributed by atoms with E-state index in [1.165, 1.54) is 12.1 Å². The van der Waals surface area contributed by atoms with E-state index >= 15 is 0 Å². The van der Waals surface area contributed by atoms with E-state index in [0.29, 0.717) is 6.29 Å². The molecule has 2 saturated heterocycles. The van der Waals surface area contributed by atoms with Crippen molar-refractivity contribution in [1.29, 1.82) is 0 Å². The summed E-state index contributed by atoms with van der Waals surface area (Å²) in [5, 5.41) is 79.9. The van der Waals surface area contributed by atoms with Crippen LogP contribution in [0.3, 0.4) is 0 Å². The van der Waals surface area contributed by atoms with Gasteiger partial charge in [0, 0.05) is 0 Å². The van der Waals surface area contributed by atoms with Gasteiger partial charge in [-0.1, -0.05) is 0 Å². The Balaban J connectivity index is 1.87. The summed E-state index contributed by atoms with van der Waals surface area (Å²) >= 11 is 0. The molecule has 0 aromatic carbocycles. The number of aliphatic hydroxyl groups excluding tert-OH is 8. The van der Waals surface area contributed by atoms with E-state index in [2.05, 4.69) is 0 Å². The average Bonchev–Trinajstić information content (AvgIpc) is 3.24. The molecule has 31 heavy (non-hydrogen) atoms. The van der Waals surface area contributed by atoms with E-state index in [-0.39, 0.29) is 11.5 Å². The molecule has 0 aliphatic carbocycles. The van der Waals surface area contributed by atoms with Crippen molar-refractivity contribution in [3.63, 3.8) is 0 Å². The first kappa shape index (κ1) is 24.2. The quantitative estimate of drug-likeness (QED) is 0.146. The summed E-state index contributed by atoms with van der Waals surface area (Å²) in [5.41, 5.74) is 0. The number of ether oxygens (including phenoxy) is 3. The molecule has 0 bridgehead atoms. The Bertz CT molecular complexity index is 723. The highest BCUT2D eigenvalue weighted by Crippen LogP contribution is 2.35. The number of hydrogen-bond acceptors (Lipinski definition) is 13. The third-order valence-electron chi connectivity index (χ3n) is 5.38. The number of aldehydes is 1. The highest BCUT2D eigenvalue weighted by Gasteiger charge is 2.50. The van der Waals surface area contributed by atoms with E-state index in [4.69, 9.17) is 18.6 Å². The monoisotopic (exact) mass is 450 g/mol. The van der Waals surface area contributed by atoms with E-state index in [9.17, 15) is 45.6 Å². The van der Waals surface area contributed by atoms with Gasteiger partial charge < -0.3 is 59.5 Å². The standard InChI is InChI=1S/C18H26O13/c19-3-6-1-2-8(29-6)15(16-14(26)12(24)11(23)9(4-20)30-16)31-18(27)17-13(25)10(22)7(21)5-28-17/h1-3,7,9-18,20-27H,4-5H2/t7-,9+,10+,11+,12-,13-,14+,15?,16+,17-,18?/m0/s1. The van der Waals surface area contributed by atoms with Gasteiger partial charge in [0.15, 0.2) is 18.3 Å². The van der Waals surface area contributed by atoms with Crippen molar-refractivity contribution in [3.05, 3.63) is 23.7 Å². The van der Waals surface area contributed by atoms with Gasteiger partial charge in [0.1, 0.15) is 66.8 Å². The first-order valence-electron chi connectivity index (χ1n) is 9.54. The molecule has 176 valence electrons. The minimum absolute atomic E-state index is 0.128. The molecule has 2 aliphatic heterocycles. The van der Waals surface area contributed by atoms with Crippen LogP contribution in [-0.2, 0) is 14.2 Å². The fourth-order valence-electron chi connectivity index (χ4n) is 3.58. The molecule has 0 saturated carbocycles. The molecular weight excluding hydrogens is 424 g/mol. The predicted octanol–water partition coefficient (Wildman–Crippen LogP) is -4.21. The Morgan fingerprint density at radius 2 is 1.68 bits per heavy atom. The van der Waals surface area contributed by atoms with Gasteiger partial charge in [0.25, 0.3) is 0 Å². The van der Waals surface area contributed by atoms with Crippen molar-refractivity contribution in [2.45, 2.75) is 67.3 Å². The maximum atomic E-state index is 11.0. The summed E-state index contributed by atoms with van der Waals surface area (Å²) in [6.45, 7) is -1.13. The van der Waals surface area contributed by atoms with Crippen LogP contribution in [0.4, 0.5) is 0 Å².